The number of aliphatic hydroxyl groups is 1. The molecule has 2 nitrogen and oxygen atoms in total. The van der Waals surface area contributed by atoms with Gasteiger partial charge in [0, 0.05) is 6.26 Å². The summed E-state index contributed by atoms with van der Waals surface area (Å²) in [6.45, 7) is -0.668. The molecule has 8 heavy (non-hydrogen) atoms. The van der Waals surface area contributed by atoms with Crippen molar-refractivity contribution in [2.24, 2.45) is 0 Å². The Morgan fingerprint density at radius 2 is 2.50 bits per heavy atom. The highest BCUT2D eigenvalue weighted by atomic mass is 32.2. The first-order valence-corrected chi connectivity index (χ1v) is 3.36. The van der Waals surface area contributed by atoms with Crippen molar-refractivity contribution in [3.8, 4) is 0 Å². The lowest BCUT2D eigenvalue weighted by atomic mass is 10.4. The molecule has 0 heterocycles. The zero-order chi connectivity index (χ0) is 6.41. The third-order valence-corrected chi connectivity index (χ3v) is 0.928. The average Bonchev–Trinajstić information content (AvgIpc) is 1.83. The summed E-state index contributed by atoms with van der Waals surface area (Å²) < 4.78 is 16.0. The number of aliphatic hydroxyl groups excluding tert-OH is 1. The van der Waals surface area contributed by atoms with Gasteiger partial charge < -0.3 is 9.29 Å². The highest BCUT2D eigenvalue weighted by Gasteiger charge is 2.00. The van der Waals surface area contributed by atoms with E-state index < -0.39 is 12.8 Å². The first-order chi connectivity index (χ1) is 3.81. The van der Waals surface area contributed by atoms with Crippen molar-refractivity contribution < 1.29 is 13.7 Å². The molecule has 0 fully saturated rings. The van der Waals surface area contributed by atoms with Crippen molar-refractivity contribution in [1.29, 1.82) is 0 Å². The number of hydrogen-bond acceptors (Lipinski definition) is 3. The summed E-state index contributed by atoms with van der Waals surface area (Å²) in [4.78, 5) is 0. The lowest BCUT2D eigenvalue weighted by molar-refractivity contribution is 0.0935. The molecule has 0 aromatic rings. The van der Waals surface area contributed by atoms with E-state index in [0.717, 1.165) is 12.0 Å². The Morgan fingerprint density at radius 3 is 2.88 bits per heavy atom. The molecular formula is C4H9FO2S. The molecule has 50 valence electrons. The fourth-order valence-electron chi connectivity index (χ4n) is 0.191. The van der Waals surface area contributed by atoms with Gasteiger partial charge in [0.15, 0.2) is 0 Å². The minimum Gasteiger partial charge on any atom is -0.388 e. The summed E-state index contributed by atoms with van der Waals surface area (Å²) in [5.41, 5.74) is 0. The standard InChI is InChI=1S/C4H9FO2S/c1-8-7-3-4(6)2-5/h4,6H,2-3H2,1H3. The summed E-state index contributed by atoms with van der Waals surface area (Å²) >= 11 is 1.12. The van der Waals surface area contributed by atoms with E-state index in [0.29, 0.717) is 0 Å². The fraction of sp³-hybridized carbons (Fsp3) is 1.00. The topological polar surface area (TPSA) is 29.5 Å². The van der Waals surface area contributed by atoms with Crippen LogP contribution in [0.15, 0.2) is 0 Å². The molecule has 0 aliphatic rings. The van der Waals surface area contributed by atoms with E-state index >= 15 is 0 Å². The minimum atomic E-state index is -0.956. The van der Waals surface area contributed by atoms with Gasteiger partial charge in [-0.3, -0.25) is 0 Å². The second-order valence-electron chi connectivity index (χ2n) is 1.26. The highest BCUT2D eigenvalue weighted by molar-refractivity contribution is 7.93. The van der Waals surface area contributed by atoms with Crippen LogP contribution in [0.2, 0.25) is 0 Å². The Hall–Kier alpha value is 0.200. The van der Waals surface area contributed by atoms with E-state index in [1.807, 2.05) is 0 Å². The molecule has 0 spiro atoms. The predicted octanol–water partition coefficient (Wildman–Crippen LogP) is 0.611. The van der Waals surface area contributed by atoms with Gasteiger partial charge in [-0.25, -0.2) is 4.39 Å². The maximum atomic E-state index is 11.4. The molecule has 0 saturated carbocycles. The third-order valence-electron chi connectivity index (χ3n) is 0.556. The summed E-state index contributed by atoms with van der Waals surface area (Å²) in [7, 11) is 0. The molecule has 0 amide bonds. The second kappa shape index (κ2) is 5.34. The minimum absolute atomic E-state index is 0.0671. The summed E-state index contributed by atoms with van der Waals surface area (Å²) in [6.07, 6.45) is 0.757. The second-order valence-corrected chi connectivity index (χ2v) is 1.83. The largest absolute Gasteiger partial charge is 0.388 e. The lowest BCUT2D eigenvalue weighted by Crippen LogP contribution is -2.14. The molecule has 0 aliphatic carbocycles. The number of rotatable bonds is 4. The maximum Gasteiger partial charge on any atom is 0.118 e. The van der Waals surface area contributed by atoms with Crippen molar-refractivity contribution in [3.63, 3.8) is 0 Å². The van der Waals surface area contributed by atoms with E-state index in [4.69, 9.17) is 5.11 Å². The van der Waals surface area contributed by atoms with Gasteiger partial charge in [0.1, 0.15) is 12.8 Å². The molecule has 1 atom stereocenters. The molecule has 0 bridgehead atoms. The van der Waals surface area contributed by atoms with Crippen LogP contribution in [0.25, 0.3) is 0 Å². The Bertz CT molecular complexity index is 53.3. The average molecular weight is 140 g/mol. The summed E-state index contributed by atoms with van der Waals surface area (Å²) in [5.74, 6) is 0. The quantitative estimate of drug-likeness (QED) is 0.580. The number of halogens is 1. The van der Waals surface area contributed by atoms with E-state index in [2.05, 4.69) is 4.18 Å². The van der Waals surface area contributed by atoms with Crippen LogP contribution in [-0.4, -0.2) is 30.7 Å². The lowest BCUT2D eigenvalue weighted by Gasteiger charge is -2.02. The predicted molar refractivity (Wildman–Crippen MR) is 31.4 cm³/mol. The van der Waals surface area contributed by atoms with Crippen LogP contribution in [-0.2, 0) is 4.18 Å². The molecule has 4 heteroatoms. The van der Waals surface area contributed by atoms with Crippen LogP contribution in [0.4, 0.5) is 4.39 Å². The van der Waals surface area contributed by atoms with Crippen LogP contribution in [0.3, 0.4) is 0 Å². The fourth-order valence-corrected chi connectivity index (χ4v) is 0.484. The van der Waals surface area contributed by atoms with Crippen LogP contribution in [0, 0.1) is 0 Å². The van der Waals surface area contributed by atoms with Gasteiger partial charge >= 0.3 is 0 Å². The van der Waals surface area contributed by atoms with Crippen molar-refractivity contribution in [3.05, 3.63) is 0 Å². The van der Waals surface area contributed by atoms with Crippen molar-refractivity contribution in [1.82, 2.24) is 0 Å². The van der Waals surface area contributed by atoms with Crippen LogP contribution < -0.4 is 0 Å². The molecule has 0 saturated heterocycles. The Labute approximate surface area is 52.2 Å². The summed E-state index contributed by atoms with van der Waals surface area (Å²) in [6, 6.07) is 0. The van der Waals surface area contributed by atoms with Gasteiger partial charge in [-0.2, -0.15) is 0 Å². The number of alkyl halides is 1. The summed E-state index contributed by atoms with van der Waals surface area (Å²) in [5, 5.41) is 8.48. The Morgan fingerprint density at radius 1 is 1.88 bits per heavy atom. The molecule has 0 aromatic carbocycles. The molecular weight excluding hydrogens is 131 g/mol. The highest BCUT2D eigenvalue weighted by Crippen LogP contribution is 1.96. The zero-order valence-corrected chi connectivity index (χ0v) is 5.45. The maximum absolute atomic E-state index is 11.4. The first kappa shape index (κ1) is 8.20. The van der Waals surface area contributed by atoms with Crippen molar-refractivity contribution in [2.45, 2.75) is 6.10 Å². The SMILES string of the molecule is CSOCC(O)CF. The smallest absolute Gasteiger partial charge is 0.118 e. The molecule has 0 radical (unpaired) electrons. The normalized spacial score (nSPS) is 13.9. The van der Waals surface area contributed by atoms with Gasteiger partial charge in [0.05, 0.1) is 6.61 Å². The van der Waals surface area contributed by atoms with Gasteiger partial charge in [0.25, 0.3) is 0 Å². The molecule has 0 aromatic heterocycles. The third kappa shape index (κ3) is 4.36. The molecule has 0 aliphatic heterocycles. The molecule has 1 unspecified atom stereocenters. The van der Waals surface area contributed by atoms with Crippen molar-refractivity contribution >= 4 is 12.0 Å². The van der Waals surface area contributed by atoms with Crippen LogP contribution in [0.1, 0.15) is 0 Å². The van der Waals surface area contributed by atoms with Crippen LogP contribution in [0.5, 0.6) is 0 Å². The van der Waals surface area contributed by atoms with Gasteiger partial charge in [-0.05, 0) is 12.0 Å². The Balaban J connectivity index is 2.86. The van der Waals surface area contributed by atoms with E-state index in [9.17, 15) is 4.39 Å². The molecule has 0 rings (SSSR count). The number of hydrogen-bond donors (Lipinski definition) is 1. The van der Waals surface area contributed by atoms with E-state index in [1.54, 1.807) is 6.26 Å². The van der Waals surface area contributed by atoms with Crippen molar-refractivity contribution in [2.75, 3.05) is 19.5 Å². The van der Waals surface area contributed by atoms with Crippen LogP contribution >= 0.6 is 12.0 Å². The molecule has 1 N–H and O–H groups in total. The monoisotopic (exact) mass is 140 g/mol. The Kier molecular flexibility index (Phi) is 5.47. The van der Waals surface area contributed by atoms with E-state index in [1.165, 1.54) is 0 Å². The van der Waals surface area contributed by atoms with Gasteiger partial charge in [-0.15, -0.1) is 0 Å². The van der Waals surface area contributed by atoms with Gasteiger partial charge in [0.2, 0.25) is 0 Å². The van der Waals surface area contributed by atoms with E-state index in [-0.39, 0.29) is 6.61 Å². The first-order valence-electron chi connectivity index (χ1n) is 2.21. The zero-order valence-electron chi connectivity index (χ0n) is 4.63. The van der Waals surface area contributed by atoms with Gasteiger partial charge in [-0.1, -0.05) is 0 Å².